The van der Waals surface area contributed by atoms with Gasteiger partial charge in [-0.2, -0.15) is 0 Å². The zero-order valence-corrected chi connectivity index (χ0v) is 20.0. The second-order valence-corrected chi connectivity index (χ2v) is 10.2. The number of carboxylic acid groups (broad SMARTS) is 1. The summed E-state index contributed by atoms with van der Waals surface area (Å²) in [5, 5.41) is 18.4. The molecule has 12 heteroatoms. The number of carbonyl (C=O) groups is 2. The van der Waals surface area contributed by atoms with Gasteiger partial charge >= 0.3 is 5.97 Å². The van der Waals surface area contributed by atoms with E-state index >= 15 is 0 Å². The fraction of sp³-hybridized carbons (Fsp3) is 0.200. The summed E-state index contributed by atoms with van der Waals surface area (Å²) in [6, 6.07) is 12.0. The van der Waals surface area contributed by atoms with Gasteiger partial charge in [0.05, 0.1) is 16.7 Å². The number of hydrogen-bond donors (Lipinski definition) is 1. The molecular weight excluding hydrogens is 517 g/mol. The molecule has 2 unspecified atom stereocenters. The number of aromatic nitrogens is 2. The standard InChI is InChI=1S/C20H14Cl3N3O4S2/c21-10-5-6-14(13(23)7-10)30-9-16-24-25-20(32-16)26-18(29)15(8-17(27)28)31-19(26)11-3-1-2-4-12(11)22/h1-7,15,19H,8-9H2,(H,27,28). The van der Waals surface area contributed by atoms with Crippen LogP contribution in [0.2, 0.25) is 15.1 Å². The molecule has 1 amide bonds. The van der Waals surface area contributed by atoms with Crippen molar-refractivity contribution in [3.8, 4) is 5.75 Å². The Morgan fingerprint density at radius 3 is 2.62 bits per heavy atom. The van der Waals surface area contributed by atoms with E-state index < -0.39 is 16.6 Å². The van der Waals surface area contributed by atoms with Gasteiger partial charge in [-0.25, -0.2) is 0 Å². The average molecular weight is 531 g/mol. The predicted octanol–water partition coefficient (Wildman–Crippen LogP) is 5.70. The summed E-state index contributed by atoms with van der Waals surface area (Å²) in [7, 11) is 0. The lowest BCUT2D eigenvalue weighted by Gasteiger charge is -2.21. The van der Waals surface area contributed by atoms with Gasteiger partial charge < -0.3 is 9.84 Å². The van der Waals surface area contributed by atoms with E-state index in [4.69, 9.17) is 39.5 Å². The molecular formula is C20H14Cl3N3O4S2. The quantitative estimate of drug-likeness (QED) is 0.419. The van der Waals surface area contributed by atoms with Crippen LogP contribution >= 0.6 is 57.9 Å². The van der Waals surface area contributed by atoms with Crippen LogP contribution in [0.4, 0.5) is 5.13 Å². The van der Waals surface area contributed by atoms with Crippen molar-refractivity contribution in [2.75, 3.05) is 4.90 Å². The van der Waals surface area contributed by atoms with Crippen LogP contribution < -0.4 is 9.64 Å². The van der Waals surface area contributed by atoms with Crippen LogP contribution in [-0.4, -0.2) is 32.4 Å². The zero-order chi connectivity index (χ0) is 22.8. The maximum Gasteiger partial charge on any atom is 0.305 e. The summed E-state index contributed by atoms with van der Waals surface area (Å²) >= 11 is 20.8. The van der Waals surface area contributed by atoms with Gasteiger partial charge in [0, 0.05) is 15.6 Å². The lowest BCUT2D eigenvalue weighted by Crippen LogP contribution is -2.31. The third kappa shape index (κ3) is 4.97. The number of hydrogen-bond acceptors (Lipinski definition) is 7. The van der Waals surface area contributed by atoms with E-state index in [0.717, 1.165) is 0 Å². The van der Waals surface area contributed by atoms with E-state index in [1.54, 1.807) is 36.4 Å². The normalized spacial score (nSPS) is 18.2. The first-order valence-electron chi connectivity index (χ1n) is 9.18. The van der Waals surface area contributed by atoms with Crippen LogP contribution in [-0.2, 0) is 16.2 Å². The molecule has 32 heavy (non-hydrogen) atoms. The number of carboxylic acids is 1. The molecule has 4 rings (SSSR count). The lowest BCUT2D eigenvalue weighted by molar-refractivity contribution is -0.138. The highest BCUT2D eigenvalue weighted by Crippen LogP contribution is 2.48. The van der Waals surface area contributed by atoms with Crippen molar-refractivity contribution in [3.63, 3.8) is 0 Å². The summed E-state index contributed by atoms with van der Waals surface area (Å²) < 4.78 is 5.69. The highest BCUT2D eigenvalue weighted by atomic mass is 35.5. The first kappa shape index (κ1) is 23.1. The predicted molar refractivity (Wildman–Crippen MR) is 126 cm³/mol. The molecule has 0 spiro atoms. The highest BCUT2D eigenvalue weighted by Gasteiger charge is 2.45. The summed E-state index contributed by atoms with van der Waals surface area (Å²) in [6.45, 7) is 0.0868. The Balaban J connectivity index is 1.58. The van der Waals surface area contributed by atoms with Crippen LogP contribution in [0.25, 0.3) is 0 Å². The third-order valence-corrected chi connectivity index (χ3v) is 7.67. The van der Waals surface area contributed by atoms with Crippen molar-refractivity contribution < 1.29 is 19.4 Å². The fourth-order valence-electron chi connectivity index (χ4n) is 3.05. The van der Waals surface area contributed by atoms with Crippen LogP contribution in [0.1, 0.15) is 22.4 Å². The molecule has 1 aliphatic heterocycles. The first-order valence-corrected chi connectivity index (χ1v) is 12.1. The fourth-order valence-corrected chi connectivity index (χ4v) is 6.13. The van der Waals surface area contributed by atoms with E-state index in [1.165, 1.54) is 28.0 Å². The molecule has 1 aliphatic rings. The molecule has 0 saturated carbocycles. The number of aliphatic carboxylic acids is 1. The number of rotatable bonds is 7. The zero-order valence-electron chi connectivity index (χ0n) is 16.1. The minimum atomic E-state index is -1.05. The number of benzene rings is 2. The number of nitrogens with zero attached hydrogens (tertiary/aromatic N) is 3. The number of carbonyl (C=O) groups excluding carboxylic acids is 1. The molecule has 0 radical (unpaired) electrons. The molecule has 2 atom stereocenters. The molecule has 0 bridgehead atoms. The van der Waals surface area contributed by atoms with Crippen molar-refractivity contribution in [2.45, 2.75) is 23.7 Å². The van der Waals surface area contributed by atoms with Crippen LogP contribution in [0, 0.1) is 0 Å². The monoisotopic (exact) mass is 529 g/mol. The van der Waals surface area contributed by atoms with Gasteiger partial charge in [-0.1, -0.05) is 64.3 Å². The summed E-state index contributed by atoms with van der Waals surface area (Å²) in [5.74, 6) is -0.968. The summed E-state index contributed by atoms with van der Waals surface area (Å²) in [5.41, 5.74) is 0.696. The smallest absolute Gasteiger partial charge is 0.305 e. The van der Waals surface area contributed by atoms with Crippen molar-refractivity contribution >= 4 is 74.9 Å². The SMILES string of the molecule is O=C(O)CC1SC(c2ccccc2Cl)N(c2nnc(COc3ccc(Cl)cc3Cl)s2)C1=O. The Hall–Kier alpha value is -2.04. The number of anilines is 1. The van der Waals surface area contributed by atoms with Crippen molar-refractivity contribution in [1.29, 1.82) is 0 Å². The molecule has 3 aromatic rings. The van der Waals surface area contributed by atoms with Gasteiger partial charge in [-0.15, -0.1) is 22.0 Å². The Bertz CT molecular complexity index is 1180. The topological polar surface area (TPSA) is 92.6 Å². The number of halogens is 3. The third-order valence-electron chi connectivity index (χ3n) is 4.48. The molecule has 1 saturated heterocycles. The summed E-state index contributed by atoms with van der Waals surface area (Å²) in [4.78, 5) is 25.8. The molecule has 0 aliphatic carbocycles. The van der Waals surface area contributed by atoms with Gasteiger partial charge in [0.2, 0.25) is 11.0 Å². The Morgan fingerprint density at radius 1 is 1.12 bits per heavy atom. The lowest BCUT2D eigenvalue weighted by atomic mass is 10.2. The van der Waals surface area contributed by atoms with Crippen molar-refractivity contribution in [1.82, 2.24) is 10.2 Å². The van der Waals surface area contributed by atoms with E-state index in [1.807, 2.05) is 6.07 Å². The van der Waals surface area contributed by atoms with Gasteiger partial charge in [0.25, 0.3) is 0 Å². The van der Waals surface area contributed by atoms with Gasteiger partial charge in [0.15, 0.2) is 5.01 Å². The van der Waals surface area contributed by atoms with E-state index in [2.05, 4.69) is 10.2 Å². The van der Waals surface area contributed by atoms with Gasteiger partial charge in [-0.05, 0) is 24.3 Å². The summed E-state index contributed by atoms with van der Waals surface area (Å²) in [6.07, 6.45) is -0.301. The molecule has 1 fully saturated rings. The Morgan fingerprint density at radius 2 is 1.91 bits per heavy atom. The molecule has 2 heterocycles. The maximum atomic E-state index is 13.1. The number of thioether (sulfide) groups is 1. The second-order valence-electron chi connectivity index (χ2n) is 6.65. The maximum absolute atomic E-state index is 13.1. The molecule has 1 aromatic heterocycles. The van der Waals surface area contributed by atoms with Crippen LogP contribution in [0.3, 0.4) is 0 Å². The minimum absolute atomic E-state index is 0.0868. The van der Waals surface area contributed by atoms with E-state index in [0.29, 0.717) is 36.5 Å². The largest absolute Gasteiger partial charge is 0.485 e. The average Bonchev–Trinajstić information content (AvgIpc) is 3.32. The van der Waals surface area contributed by atoms with Gasteiger partial charge in [0.1, 0.15) is 17.7 Å². The number of amides is 1. The van der Waals surface area contributed by atoms with Crippen molar-refractivity contribution in [2.24, 2.45) is 0 Å². The van der Waals surface area contributed by atoms with Crippen LogP contribution in [0.15, 0.2) is 42.5 Å². The Labute approximate surface area is 206 Å². The second kappa shape index (κ2) is 9.84. The molecule has 2 aromatic carbocycles. The molecule has 1 N–H and O–H groups in total. The van der Waals surface area contributed by atoms with Crippen LogP contribution in [0.5, 0.6) is 5.75 Å². The Kier molecular flexibility index (Phi) is 7.11. The van der Waals surface area contributed by atoms with Crippen molar-refractivity contribution in [3.05, 3.63) is 68.1 Å². The van der Waals surface area contributed by atoms with E-state index in [9.17, 15) is 14.7 Å². The number of ether oxygens (including phenoxy) is 1. The van der Waals surface area contributed by atoms with E-state index in [-0.39, 0.29) is 18.9 Å². The molecule has 7 nitrogen and oxygen atoms in total. The highest BCUT2D eigenvalue weighted by molar-refractivity contribution is 8.01. The van der Waals surface area contributed by atoms with Gasteiger partial charge in [-0.3, -0.25) is 14.5 Å². The first-order chi connectivity index (χ1) is 15.3. The molecule has 166 valence electrons. The minimum Gasteiger partial charge on any atom is -0.485 e.